The van der Waals surface area contributed by atoms with Gasteiger partial charge in [0.2, 0.25) is 0 Å². The number of rotatable bonds is 3. The fraction of sp³-hybridized carbons (Fsp3) is 0.200. The Balaban J connectivity index is 1.84. The molecule has 22 heavy (non-hydrogen) atoms. The van der Waals surface area contributed by atoms with Crippen molar-refractivity contribution >= 4 is 22.4 Å². The summed E-state index contributed by atoms with van der Waals surface area (Å²) in [6.07, 6.45) is 6.72. The first-order valence-corrected chi connectivity index (χ1v) is 8.30. The van der Waals surface area contributed by atoms with Gasteiger partial charge in [-0.3, -0.25) is 14.0 Å². The first-order chi connectivity index (χ1) is 10.6. The third-order valence-corrected chi connectivity index (χ3v) is 4.24. The quantitative estimate of drug-likeness (QED) is 0.859. The van der Waals surface area contributed by atoms with Crippen LogP contribution in [-0.4, -0.2) is 43.6 Å². The normalized spacial score (nSPS) is 15.5. The van der Waals surface area contributed by atoms with E-state index in [9.17, 15) is 9.00 Å². The minimum atomic E-state index is -1.04. The molecule has 0 spiro atoms. The van der Waals surface area contributed by atoms with Crippen molar-refractivity contribution in [3.8, 4) is 0 Å². The van der Waals surface area contributed by atoms with Gasteiger partial charge in [-0.1, -0.05) is 12.1 Å². The van der Waals surface area contributed by atoms with Crippen molar-refractivity contribution in [1.82, 2.24) is 15.0 Å². The summed E-state index contributed by atoms with van der Waals surface area (Å²) < 4.78 is 11.6. The molecule has 1 aromatic heterocycles. The summed E-state index contributed by atoms with van der Waals surface area (Å²) in [4.78, 5) is 20.9. The molecule has 1 aliphatic rings. The number of hydrogen-bond donors (Lipinski definition) is 0. The van der Waals surface area contributed by atoms with E-state index in [0.717, 1.165) is 16.2 Å². The van der Waals surface area contributed by atoms with E-state index in [0.29, 0.717) is 13.0 Å². The number of benzene rings is 1. The number of carbonyl (C=O) groups excluding carboxylic acids is 1. The molecular weight excluding hydrogens is 300 g/mol. The third-order valence-electron chi connectivity index (χ3n) is 3.32. The van der Waals surface area contributed by atoms with Crippen LogP contribution in [-0.2, 0) is 10.8 Å². The van der Waals surface area contributed by atoms with Crippen molar-refractivity contribution in [1.29, 1.82) is 0 Å². The molecule has 112 valence electrons. The second kappa shape index (κ2) is 6.15. The summed E-state index contributed by atoms with van der Waals surface area (Å²) in [5, 5.41) is 5.77. The zero-order chi connectivity index (χ0) is 15.5. The number of carbonyl (C=O) groups is 1. The highest BCUT2D eigenvalue weighted by atomic mass is 32.2. The van der Waals surface area contributed by atoms with Crippen molar-refractivity contribution < 1.29 is 9.00 Å². The van der Waals surface area contributed by atoms with Gasteiger partial charge in [-0.05, 0) is 17.7 Å². The predicted molar refractivity (Wildman–Crippen MR) is 83.0 cm³/mol. The lowest BCUT2D eigenvalue weighted by molar-refractivity contribution is 0.0772. The van der Waals surface area contributed by atoms with Gasteiger partial charge in [-0.2, -0.15) is 5.10 Å². The molecule has 1 amide bonds. The maximum atomic E-state index is 12.3. The van der Waals surface area contributed by atoms with Crippen LogP contribution in [0.3, 0.4) is 0 Å². The van der Waals surface area contributed by atoms with Gasteiger partial charge in [0.25, 0.3) is 5.91 Å². The molecule has 1 aliphatic heterocycles. The lowest BCUT2D eigenvalue weighted by Crippen LogP contribution is -2.24. The fourth-order valence-corrected chi connectivity index (χ4v) is 2.77. The van der Waals surface area contributed by atoms with Crippen molar-refractivity contribution in [3.05, 3.63) is 54.1 Å². The van der Waals surface area contributed by atoms with Crippen LogP contribution in [0.1, 0.15) is 22.5 Å². The molecule has 6 nitrogen and oxygen atoms in total. The summed E-state index contributed by atoms with van der Waals surface area (Å²) in [6, 6.07) is 7.43. The molecule has 1 unspecified atom stereocenters. The maximum Gasteiger partial charge on any atom is 0.294 e. The molecule has 0 aliphatic carbocycles. The molecule has 1 atom stereocenters. The van der Waals surface area contributed by atoms with Gasteiger partial charge in [-0.25, -0.2) is 9.99 Å². The van der Waals surface area contributed by atoms with E-state index < -0.39 is 10.8 Å². The predicted octanol–water partition coefficient (Wildman–Crippen LogP) is 1.46. The SMILES string of the molecule is CS(=O)c1cccc(C2=NN(C(=O)c3cnccn3)CC2)c1. The van der Waals surface area contributed by atoms with E-state index in [1.807, 2.05) is 24.3 Å². The minimum Gasteiger partial charge on any atom is -0.265 e. The largest absolute Gasteiger partial charge is 0.294 e. The van der Waals surface area contributed by atoms with Crippen LogP contribution in [0.25, 0.3) is 0 Å². The van der Waals surface area contributed by atoms with E-state index in [2.05, 4.69) is 15.1 Å². The molecule has 3 rings (SSSR count). The summed E-state index contributed by atoms with van der Waals surface area (Å²) in [5.74, 6) is -0.265. The van der Waals surface area contributed by atoms with Crippen molar-refractivity contribution in [2.45, 2.75) is 11.3 Å². The summed E-state index contributed by atoms with van der Waals surface area (Å²) >= 11 is 0. The zero-order valence-electron chi connectivity index (χ0n) is 12.0. The fourth-order valence-electron chi connectivity index (χ4n) is 2.20. The van der Waals surface area contributed by atoms with Gasteiger partial charge in [0, 0.05) is 40.8 Å². The molecular formula is C15H14N4O2S. The summed E-state index contributed by atoms with van der Waals surface area (Å²) in [7, 11) is -1.04. The molecule has 1 aromatic carbocycles. The number of hydrogen-bond acceptors (Lipinski definition) is 5. The Morgan fingerprint density at radius 2 is 2.18 bits per heavy atom. The van der Waals surface area contributed by atoms with E-state index in [-0.39, 0.29) is 11.6 Å². The van der Waals surface area contributed by atoms with E-state index >= 15 is 0 Å². The Hall–Kier alpha value is -2.41. The van der Waals surface area contributed by atoms with Gasteiger partial charge in [0.05, 0.1) is 18.5 Å². The highest BCUT2D eigenvalue weighted by Gasteiger charge is 2.23. The highest BCUT2D eigenvalue weighted by molar-refractivity contribution is 7.84. The number of amides is 1. The lowest BCUT2D eigenvalue weighted by atomic mass is 10.1. The summed E-state index contributed by atoms with van der Waals surface area (Å²) in [5.41, 5.74) is 1.97. The second-order valence-corrected chi connectivity index (χ2v) is 6.18. The van der Waals surface area contributed by atoms with Crippen LogP contribution in [0, 0.1) is 0 Å². The van der Waals surface area contributed by atoms with E-state index in [1.54, 1.807) is 6.26 Å². The molecule has 0 N–H and O–H groups in total. The average molecular weight is 314 g/mol. The van der Waals surface area contributed by atoms with E-state index in [4.69, 9.17) is 0 Å². The number of nitrogens with zero attached hydrogens (tertiary/aromatic N) is 4. The van der Waals surface area contributed by atoms with Gasteiger partial charge in [0.1, 0.15) is 5.69 Å². The van der Waals surface area contributed by atoms with Crippen LogP contribution in [0.15, 0.2) is 52.9 Å². The Bertz CT molecular complexity index is 761. The average Bonchev–Trinajstić information content (AvgIpc) is 3.05. The standard InChI is InChI=1S/C15H14N4O2S/c1-22(21)12-4-2-3-11(9-12)13-5-8-19(18-13)15(20)14-10-16-6-7-17-14/h2-4,6-7,9-10H,5,8H2,1H3. The molecule has 0 saturated heterocycles. The van der Waals surface area contributed by atoms with Crippen molar-refractivity contribution in [2.75, 3.05) is 12.8 Å². The maximum absolute atomic E-state index is 12.3. The molecule has 2 heterocycles. The third kappa shape index (κ3) is 2.94. The summed E-state index contributed by atoms with van der Waals surface area (Å²) in [6.45, 7) is 0.504. The van der Waals surface area contributed by atoms with Crippen molar-refractivity contribution in [3.63, 3.8) is 0 Å². The minimum absolute atomic E-state index is 0.265. The smallest absolute Gasteiger partial charge is 0.265 e. The Labute approximate surface area is 130 Å². The topological polar surface area (TPSA) is 75.5 Å². The van der Waals surface area contributed by atoms with Gasteiger partial charge >= 0.3 is 0 Å². The first-order valence-electron chi connectivity index (χ1n) is 6.74. The van der Waals surface area contributed by atoms with Crippen LogP contribution in [0.5, 0.6) is 0 Å². The van der Waals surface area contributed by atoms with Crippen LogP contribution < -0.4 is 0 Å². The van der Waals surface area contributed by atoms with Crippen molar-refractivity contribution in [2.24, 2.45) is 5.10 Å². The molecule has 0 saturated carbocycles. The zero-order valence-corrected chi connectivity index (χ0v) is 12.8. The van der Waals surface area contributed by atoms with Gasteiger partial charge in [0.15, 0.2) is 0 Å². The Morgan fingerprint density at radius 3 is 2.91 bits per heavy atom. The molecule has 7 heteroatoms. The monoisotopic (exact) mass is 314 g/mol. The molecule has 0 fully saturated rings. The Morgan fingerprint density at radius 1 is 1.32 bits per heavy atom. The first kappa shape index (κ1) is 14.5. The highest BCUT2D eigenvalue weighted by Crippen LogP contribution is 2.17. The van der Waals surface area contributed by atoms with Crippen LogP contribution >= 0.6 is 0 Å². The second-order valence-electron chi connectivity index (χ2n) is 4.80. The Kier molecular flexibility index (Phi) is 4.06. The van der Waals surface area contributed by atoms with E-state index in [1.165, 1.54) is 23.6 Å². The van der Waals surface area contributed by atoms with Gasteiger partial charge < -0.3 is 0 Å². The van der Waals surface area contributed by atoms with Crippen LogP contribution in [0.4, 0.5) is 0 Å². The number of hydrazone groups is 1. The molecule has 0 radical (unpaired) electrons. The lowest BCUT2D eigenvalue weighted by Gasteiger charge is -2.09. The number of aromatic nitrogens is 2. The molecule has 0 bridgehead atoms. The van der Waals surface area contributed by atoms with Gasteiger partial charge in [-0.15, -0.1) is 0 Å². The molecule has 2 aromatic rings. The van der Waals surface area contributed by atoms with Crippen LogP contribution in [0.2, 0.25) is 0 Å².